The van der Waals surface area contributed by atoms with Crippen LogP contribution in [0.15, 0.2) is 0 Å². The van der Waals surface area contributed by atoms with E-state index in [9.17, 15) is 4.57 Å². The zero-order valence-corrected chi connectivity index (χ0v) is 7.89. The van der Waals surface area contributed by atoms with Crippen LogP contribution in [0.25, 0.3) is 0 Å². The van der Waals surface area contributed by atoms with Gasteiger partial charge in [-0.05, 0) is 6.92 Å². The minimum atomic E-state index is -4.80. The van der Waals surface area contributed by atoms with E-state index in [2.05, 4.69) is 4.52 Å². The van der Waals surface area contributed by atoms with Crippen LogP contribution in [0.1, 0.15) is 6.92 Å². The Bertz CT molecular complexity index is 201. The monoisotopic (exact) mass is 216 g/mol. The average Bonchev–Trinajstić information content (AvgIpc) is 1.99. The molecule has 0 fully saturated rings. The molecule has 0 aromatic carbocycles. The Kier molecular flexibility index (Phi) is 4.47. The van der Waals surface area contributed by atoms with Gasteiger partial charge in [0.15, 0.2) is 0 Å². The first-order valence-electron chi connectivity index (χ1n) is 3.41. The Morgan fingerprint density at radius 2 is 1.92 bits per heavy atom. The van der Waals surface area contributed by atoms with Crippen LogP contribution in [0, 0.1) is 0 Å². The van der Waals surface area contributed by atoms with Gasteiger partial charge in [-0.3, -0.25) is 4.52 Å². The first-order chi connectivity index (χ1) is 5.75. The van der Waals surface area contributed by atoms with Crippen molar-refractivity contribution in [3.05, 3.63) is 0 Å². The standard InChI is InChI=1S/C5H13O7P/c1-5(3-7,4(8)2-6)12-13(9,10)11/h4,6-8H,2-3H2,1H3,(H2,9,10,11)/t4-,5+/m1/s1. The summed E-state index contributed by atoms with van der Waals surface area (Å²) >= 11 is 0. The summed E-state index contributed by atoms with van der Waals surface area (Å²) in [6, 6.07) is 0. The van der Waals surface area contributed by atoms with Crippen molar-refractivity contribution in [3.63, 3.8) is 0 Å². The number of rotatable bonds is 5. The molecule has 0 aliphatic heterocycles. The second-order valence-electron chi connectivity index (χ2n) is 2.75. The molecule has 0 amide bonds. The predicted octanol–water partition coefficient (Wildman–Crippen LogP) is -1.80. The van der Waals surface area contributed by atoms with E-state index < -0.39 is 32.7 Å². The topological polar surface area (TPSA) is 127 Å². The maximum Gasteiger partial charge on any atom is 0.470 e. The quantitative estimate of drug-likeness (QED) is 0.343. The summed E-state index contributed by atoms with van der Waals surface area (Å²) in [7, 11) is -4.80. The van der Waals surface area contributed by atoms with Crippen LogP contribution in [0.3, 0.4) is 0 Å². The van der Waals surface area contributed by atoms with Gasteiger partial charge in [0.2, 0.25) is 0 Å². The molecule has 8 heteroatoms. The highest BCUT2D eigenvalue weighted by Crippen LogP contribution is 2.42. The lowest BCUT2D eigenvalue weighted by atomic mass is 10.0. The Hall–Kier alpha value is -0.0100. The molecule has 0 aromatic heterocycles. The Labute approximate surface area is 74.8 Å². The highest BCUT2D eigenvalue weighted by atomic mass is 31.2. The van der Waals surface area contributed by atoms with Gasteiger partial charge >= 0.3 is 7.82 Å². The summed E-state index contributed by atoms with van der Waals surface area (Å²) in [4.78, 5) is 16.8. The van der Waals surface area contributed by atoms with Gasteiger partial charge in [-0.2, -0.15) is 0 Å². The first-order valence-corrected chi connectivity index (χ1v) is 4.94. The number of aliphatic hydroxyl groups excluding tert-OH is 3. The van der Waals surface area contributed by atoms with Gasteiger partial charge in [0.25, 0.3) is 0 Å². The number of aliphatic hydroxyl groups is 3. The zero-order valence-electron chi connectivity index (χ0n) is 6.99. The van der Waals surface area contributed by atoms with Crippen molar-refractivity contribution in [2.45, 2.75) is 18.6 Å². The molecule has 5 N–H and O–H groups in total. The van der Waals surface area contributed by atoms with Gasteiger partial charge in [0.1, 0.15) is 11.7 Å². The van der Waals surface area contributed by atoms with E-state index >= 15 is 0 Å². The molecule has 0 aromatic rings. The summed E-state index contributed by atoms with van der Waals surface area (Å²) in [5.41, 5.74) is -1.87. The Morgan fingerprint density at radius 3 is 2.15 bits per heavy atom. The molecule has 0 unspecified atom stereocenters. The van der Waals surface area contributed by atoms with Crippen LogP contribution < -0.4 is 0 Å². The van der Waals surface area contributed by atoms with E-state index in [1.807, 2.05) is 0 Å². The number of hydrogen-bond acceptors (Lipinski definition) is 5. The summed E-state index contributed by atoms with van der Waals surface area (Å²) in [6.07, 6.45) is -1.56. The largest absolute Gasteiger partial charge is 0.470 e. The smallest absolute Gasteiger partial charge is 0.394 e. The van der Waals surface area contributed by atoms with Crippen molar-refractivity contribution in [3.8, 4) is 0 Å². The summed E-state index contributed by atoms with van der Waals surface area (Å²) < 4.78 is 14.5. The fourth-order valence-electron chi connectivity index (χ4n) is 0.660. The molecule has 13 heavy (non-hydrogen) atoms. The highest BCUT2D eigenvalue weighted by Gasteiger charge is 2.39. The number of phosphoric ester groups is 1. The molecule has 0 spiro atoms. The molecule has 0 rings (SSSR count). The van der Waals surface area contributed by atoms with Crippen LogP contribution in [0.5, 0.6) is 0 Å². The lowest BCUT2D eigenvalue weighted by Crippen LogP contribution is -2.46. The first kappa shape index (κ1) is 13.0. The molecule has 0 radical (unpaired) electrons. The molecule has 0 saturated heterocycles. The molecular weight excluding hydrogens is 203 g/mol. The lowest BCUT2D eigenvalue weighted by Gasteiger charge is -2.31. The van der Waals surface area contributed by atoms with Gasteiger partial charge in [0, 0.05) is 0 Å². The summed E-state index contributed by atoms with van der Waals surface area (Å²) in [5.74, 6) is 0. The highest BCUT2D eigenvalue weighted by molar-refractivity contribution is 7.46. The van der Waals surface area contributed by atoms with Crippen molar-refractivity contribution in [2.75, 3.05) is 13.2 Å². The molecule has 0 aliphatic carbocycles. The van der Waals surface area contributed by atoms with Crippen LogP contribution in [-0.2, 0) is 9.09 Å². The molecule has 0 saturated carbocycles. The minimum absolute atomic E-state index is 0.767. The van der Waals surface area contributed by atoms with Crippen LogP contribution in [0.2, 0.25) is 0 Å². The fraction of sp³-hybridized carbons (Fsp3) is 1.00. The third kappa shape index (κ3) is 4.15. The second kappa shape index (κ2) is 4.47. The maximum atomic E-state index is 10.4. The van der Waals surface area contributed by atoms with Crippen LogP contribution in [0.4, 0.5) is 0 Å². The van der Waals surface area contributed by atoms with Crippen LogP contribution >= 0.6 is 7.82 Å². The molecule has 7 nitrogen and oxygen atoms in total. The third-order valence-corrected chi connectivity index (χ3v) is 2.17. The van der Waals surface area contributed by atoms with Crippen molar-refractivity contribution in [1.29, 1.82) is 0 Å². The van der Waals surface area contributed by atoms with E-state index in [4.69, 9.17) is 25.1 Å². The summed E-state index contributed by atoms with van der Waals surface area (Å²) in [6.45, 7) is -0.510. The second-order valence-corrected chi connectivity index (χ2v) is 3.91. The van der Waals surface area contributed by atoms with Gasteiger partial charge in [-0.1, -0.05) is 0 Å². The number of hydrogen-bond donors (Lipinski definition) is 5. The maximum absolute atomic E-state index is 10.4. The summed E-state index contributed by atoms with van der Waals surface area (Å²) in [5, 5.41) is 26.3. The lowest BCUT2D eigenvalue weighted by molar-refractivity contribution is -0.102. The van der Waals surface area contributed by atoms with Gasteiger partial charge in [0.05, 0.1) is 13.2 Å². The molecular formula is C5H13O7P. The van der Waals surface area contributed by atoms with Gasteiger partial charge < -0.3 is 25.1 Å². The SMILES string of the molecule is C[C@@](CO)(OP(=O)(O)O)[C@H](O)CO. The third-order valence-electron chi connectivity index (χ3n) is 1.52. The van der Waals surface area contributed by atoms with Crippen LogP contribution in [-0.4, -0.2) is 50.0 Å². The van der Waals surface area contributed by atoms with E-state index in [0.717, 1.165) is 6.92 Å². The normalized spacial score (nSPS) is 19.5. The van der Waals surface area contributed by atoms with E-state index in [1.165, 1.54) is 0 Å². The fourth-order valence-corrected chi connectivity index (χ4v) is 1.38. The molecule has 0 aliphatic rings. The minimum Gasteiger partial charge on any atom is -0.394 e. The average molecular weight is 216 g/mol. The van der Waals surface area contributed by atoms with E-state index in [1.54, 1.807) is 0 Å². The van der Waals surface area contributed by atoms with E-state index in [0.29, 0.717) is 0 Å². The van der Waals surface area contributed by atoms with Crippen molar-refractivity contribution in [2.24, 2.45) is 0 Å². The van der Waals surface area contributed by atoms with Gasteiger partial charge in [-0.15, -0.1) is 0 Å². The molecule has 0 heterocycles. The zero-order chi connectivity index (χ0) is 10.7. The number of phosphoric acid groups is 1. The molecule has 0 bridgehead atoms. The Balaban J connectivity index is 4.55. The molecule has 80 valence electrons. The molecule has 2 atom stereocenters. The Morgan fingerprint density at radius 1 is 1.46 bits per heavy atom. The van der Waals surface area contributed by atoms with Gasteiger partial charge in [-0.25, -0.2) is 4.57 Å². The van der Waals surface area contributed by atoms with Crippen molar-refractivity contribution < 1.29 is 34.2 Å². The predicted molar refractivity (Wildman–Crippen MR) is 41.7 cm³/mol. The van der Waals surface area contributed by atoms with Crippen molar-refractivity contribution >= 4 is 7.82 Å². The van der Waals surface area contributed by atoms with Crippen molar-refractivity contribution in [1.82, 2.24) is 0 Å². The van der Waals surface area contributed by atoms with E-state index in [-0.39, 0.29) is 0 Å².